The van der Waals surface area contributed by atoms with Gasteiger partial charge in [0.15, 0.2) is 0 Å². The summed E-state index contributed by atoms with van der Waals surface area (Å²) in [6.45, 7) is 2.89. The highest BCUT2D eigenvalue weighted by molar-refractivity contribution is 6.06. The Labute approximate surface area is 144 Å². The molecule has 0 saturated heterocycles. The number of aryl methyl sites for hydroxylation is 1. The first-order valence-corrected chi connectivity index (χ1v) is 8.11. The molecule has 3 N–H and O–H groups in total. The number of hydrogen-bond donors (Lipinski definition) is 2. The van der Waals surface area contributed by atoms with Gasteiger partial charge in [0.2, 0.25) is 0 Å². The molecule has 0 fully saturated rings. The van der Waals surface area contributed by atoms with Crippen LogP contribution in [-0.2, 0) is 0 Å². The minimum atomic E-state index is -0.335. The monoisotopic (exact) mass is 342 g/mol. The highest BCUT2D eigenvalue weighted by Gasteiger charge is 2.19. The van der Waals surface area contributed by atoms with Crippen molar-refractivity contribution in [3.8, 4) is 11.3 Å². The number of nitrogens with one attached hydrogen (secondary N) is 1. The van der Waals surface area contributed by atoms with Crippen molar-refractivity contribution in [3.05, 3.63) is 47.4 Å². The van der Waals surface area contributed by atoms with E-state index in [1.807, 2.05) is 0 Å². The predicted molar refractivity (Wildman–Crippen MR) is 92.6 cm³/mol. The van der Waals surface area contributed by atoms with E-state index in [0.717, 1.165) is 12.8 Å². The zero-order chi connectivity index (χ0) is 17.8. The van der Waals surface area contributed by atoms with E-state index in [9.17, 15) is 9.18 Å². The van der Waals surface area contributed by atoms with Gasteiger partial charge < -0.3 is 15.6 Å². The third kappa shape index (κ3) is 3.66. The summed E-state index contributed by atoms with van der Waals surface area (Å²) < 4.78 is 18.4. The second-order valence-electron chi connectivity index (χ2n) is 5.76. The van der Waals surface area contributed by atoms with Gasteiger partial charge in [0.1, 0.15) is 5.82 Å². The van der Waals surface area contributed by atoms with E-state index in [4.69, 9.17) is 10.3 Å². The summed E-state index contributed by atoms with van der Waals surface area (Å²) in [5.74, 6) is -0.558. The minimum Gasteiger partial charge on any atom is -0.352 e. The van der Waals surface area contributed by atoms with E-state index in [1.54, 1.807) is 25.1 Å². The maximum atomic E-state index is 13.1. The maximum absolute atomic E-state index is 13.1. The van der Waals surface area contributed by atoms with Gasteiger partial charge in [0.25, 0.3) is 11.6 Å². The fraction of sp³-hybridized carbons (Fsp3) is 0.278. The van der Waals surface area contributed by atoms with Crippen LogP contribution in [0.4, 0.5) is 4.39 Å². The second-order valence-corrected chi connectivity index (χ2v) is 5.76. The maximum Gasteiger partial charge on any atom is 0.259 e. The van der Waals surface area contributed by atoms with E-state index in [2.05, 4.69) is 15.5 Å². The number of carbonyl (C=O) groups is 1. The van der Waals surface area contributed by atoms with Crippen molar-refractivity contribution < 1.29 is 13.7 Å². The van der Waals surface area contributed by atoms with E-state index in [0.29, 0.717) is 41.0 Å². The summed E-state index contributed by atoms with van der Waals surface area (Å²) in [5, 5.41) is 7.37. The molecule has 0 saturated carbocycles. The first-order valence-electron chi connectivity index (χ1n) is 8.11. The highest BCUT2D eigenvalue weighted by atomic mass is 19.1. The number of fused-ring (bicyclic) bond motifs is 1. The number of pyridine rings is 1. The van der Waals surface area contributed by atoms with Crippen LogP contribution in [0, 0.1) is 12.7 Å². The quantitative estimate of drug-likeness (QED) is 0.672. The molecule has 2 aromatic heterocycles. The first-order chi connectivity index (χ1) is 12.1. The van der Waals surface area contributed by atoms with E-state index in [1.165, 1.54) is 12.1 Å². The van der Waals surface area contributed by atoms with Gasteiger partial charge in [0, 0.05) is 12.1 Å². The molecule has 0 bridgehead atoms. The van der Waals surface area contributed by atoms with Crippen molar-refractivity contribution in [3.63, 3.8) is 0 Å². The molecule has 0 aliphatic rings. The van der Waals surface area contributed by atoms with Crippen molar-refractivity contribution in [2.24, 2.45) is 5.73 Å². The zero-order valence-corrected chi connectivity index (χ0v) is 13.9. The Morgan fingerprint density at radius 1 is 1.28 bits per heavy atom. The Balaban J connectivity index is 1.98. The molecule has 3 rings (SSSR count). The molecular weight excluding hydrogens is 323 g/mol. The van der Waals surface area contributed by atoms with E-state index >= 15 is 0 Å². The Hall–Kier alpha value is -2.80. The number of carbonyl (C=O) groups excluding carboxylic acids is 1. The van der Waals surface area contributed by atoms with Crippen LogP contribution in [0.3, 0.4) is 0 Å². The van der Waals surface area contributed by atoms with E-state index in [-0.39, 0.29) is 17.4 Å². The van der Waals surface area contributed by atoms with Crippen LogP contribution in [0.5, 0.6) is 0 Å². The largest absolute Gasteiger partial charge is 0.352 e. The van der Waals surface area contributed by atoms with Crippen molar-refractivity contribution in [1.82, 2.24) is 15.5 Å². The fourth-order valence-electron chi connectivity index (χ4n) is 2.61. The van der Waals surface area contributed by atoms with Gasteiger partial charge in [-0.25, -0.2) is 9.37 Å². The third-order valence-electron chi connectivity index (χ3n) is 3.92. The Morgan fingerprint density at radius 2 is 2.04 bits per heavy atom. The summed E-state index contributed by atoms with van der Waals surface area (Å²) in [6.07, 6.45) is 1.66. The Morgan fingerprint density at radius 3 is 2.76 bits per heavy atom. The molecule has 0 aliphatic carbocycles. The molecule has 3 aromatic rings. The van der Waals surface area contributed by atoms with Crippen LogP contribution in [0.1, 0.15) is 28.9 Å². The summed E-state index contributed by atoms with van der Waals surface area (Å²) in [6, 6.07) is 7.59. The topological polar surface area (TPSA) is 94.0 Å². The van der Waals surface area contributed by atoms with Crippen LogP contribution < -0.4 is 11.1 Å². The van der Waals surface area contributed by atoms with Crippen molar-refractivity contribution in [1.29, 1.82) is 0 Å². The number of rotatable bonds is 6. The van der Waals surface area contributed by atoms with Gasteiger partial charge in [-0.05, 0) is 56.6 Å². The number of hydrogen-bond acceptors (Lipinski definition) is 5. The van der Waals surface area contributed by atoms with Gasteiger partial charge >= 0.3 is 0 Å². The summed E-state index contributed by atoms with van der Waals surface area (Å²) in [5.41, 5.74) is 8.00. The summed E-state index contributed by atoms with van der Waals surface area (Å²) in [4.78, 5) is 17.0. The molecule has 0 unspecified atom stereocenters. The molecule has 0 atom stereocenters. The number of unbranched alkanes of at least 4 members (excludes halogenated alkanes) is 1. The van der Waals surface area contributed by atoms with Crippen LogP contribution in [0.25, 0.3) is 22.4 Å². The number of amides is 1. The number of benzene rings is 1. The van der Waals surface area contributed by atoms with Gasteiger partial charge in [-0.15, -0.1) is 0 Å². The molecule has 6 nitrogen and oxygen atoms in total. The lowest BCUT2D eigenvalue weighted by Crippen LogP contribution is -2.25. The average Bonchev–Trinajstić information content (AvgIpc) is 2.99. The van der Waals surface area contributed by atoms with Gasteiger partial charge in [0.05, 0.1) is 22.3 Å². The molecule has 2 heterocycles. The summed E-state index contributed by atoms with van der Waals surface area (Å²) in [7, 11) is 0. The van der Waals surface area contributed by atoms with Gasteiger partial charge in [-0.1, -0.05) is 5.16 Å². The lowest BCUT2D eigenvalue weighted by molar-refractivity contribution is 0.0954. The van der Waals surface area contributed by atoms with E-state index < -0.39 is 0 Å². The fourth-order valence-corrected chi connectivity index (χ4v) is 2.61. The van der Waals surface area contributed by atoms with Crippen molar-refractivity contribution in [2.75, 3.05) is 13.1 Å². The van der Waals surface area contributed by atoms with Gasteiger partial charge in [-0.2, -0.15) is 0 Å². The first kappa shape index (κ1) is 17.0. The molecule has 7 heteroatoms. The molecule has 1 aromatic carbocycles. The number of aromatic nitrogens is 2. The molecule has 25 heavy (non-hydrogen) atoms. The Kier molecular flexibility index (Phi) is 5.04. The lowest BCUT2D eigenvalue weighted by Gasteiger charge is -2.08. The predicted octanol–water partition coefficient (Wildman–Crippen LogP) is 2.81. The van der Waals surface area contributed by atoms with Crippen LogP contribution >= 0.6 is 0 Å². The smallest absolute Gasteiger partial charge is 0.259 e. The lowest BCUT2D eigenvalue weighted by atomic mass is 10.0. The molecule has 0 aliphatic heterocycles. The molecule has 0 spiro atoms. The molecular formula is C18H19FN4O2. The SMILES string of the molecule is Cc1noc2nc(-c3ccc(F)cc3)cc(C(=O)NCCCCN)c12. The third-order valence-corrected chi connectivity index (χ3v) is 3.92. The average molecular weight is 342 g/mol. The van der Waals surface area contributed by atoms with Crippen LogP contribution in [0.2, 0.25) is 0 Å². The van der Waals surface area contributed by atoms with Crippen molar-refractivity contribution >= 4 is 17.0 Å². The summed E-state index contributed by atoms with van der Waals surface area (Å²) >= 11 is 0. The Bertz CT molecular complexity index is 890. The normalized spacial score (nSPS) is 11.0. The standard InChI is InChI=1S/C18H19FN4O2/c1-11-16-14(17(24)21-9-3-2-8-20)10-15(22-18(16)25-23-11)12-4-6-13(19)7-5-12/h4-7,10H,2-3,8-9,20H2,1H3,(H,21,24). The number of nitrogens with zero attached hydrogens (tertiary/aromatic N) is 2. The highest BCUT2D eigenvalue weighted by Crippen LogP contribution is 2.27. The molecule has 1 amide bonds. The van der Waals surface area contributed by atoms with Crippen LogP contribution in [-0.4, -0.2) is 29.1 Å². The molecule has 130 valence electrons. The molecule has 0 radical (unpaired) electrons. The zero-order valence-electron chi connectivity index (χ0n) is 13.9. The van der Waals surface area contributed by atoms with Crippen molar-refractivity contribution in [2.45, 2.75) is 19.8 Å². The minimum absolute atomic E-state index is 0.223. The number of halogens is 1. The van der Waals surface area contributed by atoms with Crippen LogP contribution in [0.15, 0.2) is 34.9 Å². The second kappa shape index (κ2) is 7.40. The van der Waals surface area contributed by atoms with Gasteiger partial charge in [-0.3, -0.25) is 4.79 Å². The number of nitrogens with two attached hydrogens (primary N) is 1.